The van der Waals surface area contributed by atoms with E-state index >= 15 is 0 Å². The van der Waals surface area contributed by atoms with E-state index in [4.69, 9.17) is 0 Å². The fourth-order valence-electron chi connectivity index (χ4n) is 2.40. The summed E-state index contributed by atoms with van der Waals surface area (Å²) in [6.45, 7) is 1.82. The van der Waals surface area contributed by atoms with Crippen molar-refractivity contribution < 1.29 is 23.0 Å². The van der Waals surface area contributed by atoms with Crippen LogP contribution in [0.4, 0.5) is 5.69 Å². The Labute approximate surface area is 178 Å². The van der Waals surface area contributed by atoms with Crippen molar-refractivity contribution >= 4 is 28.0 Å². The van der Waals surface area contributed by atoms with Crippen molar-refractivity contribution in [3.05, 3.63) is 89.7 Å². The Bertz CT molecular complexity index is 1040. The maximum absolute atomic E-state index is 10.4. The lowest BCUT2D eigenvalue weighted by molar-refractivity contribution is -0.671. The fourth-order valence-corrected chi connectivity index (χ4v) is 2.87. The Morgan fingerprint density at radius 1 is 0.833 bits per heavy atom. The minimum Gasteiger partial charge on any atom is -0.744 e. The average Bonchev–Trinajstić information content (AvgIpc) is 2.68. The van der Waals surface area contributed by atoms with Crippen molar-refractivity contribution in [1.29, 1.82) is 0 Å². The third-order valence-electron chi connectivity index (χ3n) is 4.19. The average molecular weight is 429 g/mol. The summed E-state index contributed by atoms with van der Waals surface area (Å²) in [6, 6.07) is 18.5. The van der Waals surface area contributed by atoms with Crippen molar-refractivity contribution in [3.8, 4) is 0 Å². The zero-order valence-electron chi connectivity index (χ0n) is 17.6. The van der Waals surface area contributed by atoms with Gasteiger partial charge in [-0.1, -0.05) is 42.0 Å². The minimum atomic E-state index is -4.27. The molecule has 6 nitrogen and oxygen atoms in total. The summed E-state index contributed by atoms with van der Waals surface area (Å²) in [4.78, 5) is 1.92. The maximum Gasteiger partial charge on any atom is 0.169 e. The van der Waals surface area contributed by atoms with Gasteiger partial charge in [0.05, 0.1) is 4.90 Å². The van der Waals surface area contributed by atoms with Crippen LogP contribution in [-0.2, 0) is 17.2 Å². The Balaban J connectivity index is 0.000000324. The normalized spacial score (nSPS) is 10.7. The number of benzene rings is 2. The molecule has 0 saturated heterocycles. The highest BCUT2D eigenvalue weighted by Gasteiger charge is 1.98. The monoisotopic (exact) mass is 428 g/mol. The molecule has 7 heteroatoms. The van der Waals surface area contributed by atoms with Crippen LogP contribution in [0.25, 0.3) is 12.2 Å². The molecule has 0 amide bonds. The number of hydrogen-bond acceptors (Lipinski definition) is 4. The molecule has 0 aliphatic heterocycles. The molecule has 2 N–H and O–H groups in total. The lowest BCUT2D eigenvalue weighted by Crippen LogP contribution is -2.25. The van der Waals surface area contributed by atoms with Crippen molar-refractivity contribution in [3.63, 3.8) is 0 Å². The number of nitrogens with zero attached hydrogens (tertiary/aromatic N) is 2. The highest BCUT2D eigenvalue weighted by molar-refractivity contribution is 7.85. The summed E-state index contributed by atoms with van der Waals surface area (Å²) < 4.78 is 33.2. The molecule has 2 aromatic carbocycles. The van der Waals surface area contributed by atoms with E-state index in [0.717, 1.165) is 5.56 Å². The number of rotatable bonds is 4. The van der Waals surface area contributed by atoms with Crippen molar-refractivity contribution in [2.24, 2.45) is 7.05 Å². The Morgan fingerprint density at radius 3 is 1.73 bits per heavy atom. The van der Waals surface area contributed by atoms with Gasteiger partial charge in [0.25, 0.3) is 0 Å². The summed E-state index contributed by atoms with van der Waals surface area (Å²) in [7, 11) is 1.85. The van der Waals surface area contributed by atoms with Gasteiger partial charge in [-0.3, -0.25) is 0 Å². The van der Waals surface area contributed by atoms with Crippen molar-refractivity contribution in [1.82, 2.24) is 0 Å². The lowest BCUT2D eigenvalue weighted by atomic mass is 10.1. The first-order valence-electron chi connectivity index (χ1n) is 9.08. The van der Waals surface area contributed by atoms with Crippen molar-refractivity contribution in [2.75, 3.05) is 19.0 Å². The molecule has 3 rings (SSSR count). The predicted molar refractivity (Wildman–Crippen MR) is 120 cm³/mol. The molecule has 1 heterocycles. The van der Waals surface area contributed by atoms with Crippen LogP contribution in [0.15, 0.2) is 78.0 Å². The van der Waals surface area contributed by atoms with Crippen LogP contribution < -0.4 is 9.47 Å². The molecule has 0 bridgehead atoms. The molecule has 0 saturated carbocycles. The van der Waals surface area contributed by atoms with Crippen LogP contribution >= 0.6 is 0 Å². The SMILES string of the molecule is CN(C)c1ccc(/C=C/c2cc[n+](C)cc2)cc1.Cc1ccc(S(=O)(=O)[O-])cc1.O. The van der Waals surface area contributed by atoms with Crippen LogP contribution in [-0.4, -0.2) is 32.5 Å². The van der Waals surface area contributed by atoms with Gasteiger partial charge in [-0.2, -0.15) is 0 Å². The predicted octanol–water partition coefficient (Wildman–Crippen LogP) is 2.82. The maximum atomic E-state index is 10.4. The van der Waals surface area contributed by atoms with E-state index in [9.17, 15) is 13.0 Å². The number of aryl methyl sites for hydroxylation is 2. The van der Waals surface area contributed by atoms with Crippen LogP contribution in [0.5, 0.6) is 0 Å². The van der Waals surface area contributed by atoms with Gasteiger partial charge in [0.15, 0.2) is 12.4 Å². The molecule has 0 spiro atoms. The summed E-state index contributed by atoms with van der Waals surface area (Å²) in [5, 5.41) is 0. The largest absolute Gasteiger partial charge is 0.744 e. The van der Waals surface area contributed by atoms with E-state index < -0.39 is 10.1 Å². The Morgan fingerprint density at radius 2 is 1.30 bits per heavy atom. The second-order valence-electron chi connectivity index (χ2n) is 6.88. The number of anilines is 1. The van der Waals surface area contributed by atoms with Gasteiger partial charge in [0, 0.05) is 31.9 Å². The second kappa shape index (κ2) is 11.3. The highest BCUT2D eigenvalue weighted by atomic mass is 32.2. The molecule has 160 valence electrons. The summed E-state index contributed by atoms with van der Waals surface area (Å²) >= 11 is 0. The second-order valence-corrected chi connectivity index (χ2v) is 8.26. The summed E-state index contributed by atoms with van der Waals surface area (Å²) in [5.41, 5.74) is 4.58. The quantitative estimate of drug-likeness (QED) is 0.471. The summed E-state index contributed by atoms with van der Waals surface area (Å²) in [6.07, 6.45) is 8.36. The molecular formula is C23H28N2O4S. The van der Waals surface area contributed by atoms with E-state index in [1.54, 1.807) is 12.1 Å². The molecule has 0 atom stereocenters. The first-order valence-corrected chi connectivity index (χ1v) is 10.5. The van der Waals surface area contributed by atoms with E-state index in [2.05, 4.69) is 79.9 Å². The van der Waals surface area contributed by atoms with E-state index in [-0.39, 0.29) is 10.4 Å². The van der Waals surface area contributed by atoms with E-state index in [0.29, 0.717) is 0 Å². The Hall–Kier alpha value is -3.00. The number of pyridine rings is 1. The molecule has 0 aliphatic rings. The zero-order chi connectivity index (χ0) is 21.4. The van der Waals surface area contributed by atoms with Crippen LogP contribution in [0.1, 0.15) is 16.7 Å². The fraction of sp³-hybridized carbons (Fsp3) is 0.174. The topological polar surface area (TPSA) is 95.8 Å². The zero-order valence-corrected chi connectivity index (χ0v) is 18.4. The molecule has 0 unspecified atom stereocenters. The minimum absolute atomic E-state index is 0. The van der Waals surface area contributed by atoms with Crippen molar-refractivity contribution in [2.45, 2.75) is 11.8 Å². The molecule has 3 aromatic rings. The van der Waals surface area contributed by atoms with Crippen LogP contribution in [0.2, 0.25) is 0 Å². The van der Waals surface area contributed by atoms with E-state index in [1.807, 2.05) is 18.5 Å². The first kappa shape index (κ1) is 25.0. The molecule has 0 fully saturated rings. The highest BCUT2D eigenvalue weighted by Crippen LogP contribution is 2.14. The molecule has 1 aromatic heterocycles. The van der Waals surface area contributed by atoms with E-state index in [1.165, 1.54) is 28.9 Å². The van der Waals surface area contributed by atoms with Gasteiger partial charge in [0.1, 0.15) is 17.2 Å². The van der Waals surface area contributed by atoms with Gasteiger partial charge in [-0.15, -0.1) is 0 Å². The van der Waals surface area contributed by atoms with Gasteiger partial charge >= 0.3 is 0 Å². The summed E-state index contributed by atoms with van der Waals surface area (Å²) in [5.74, 6) is 0. The third kappa shape index (κ3) is 8.16. The molecular weight excluding hydrogens is 400 g/mol. The lowest BCUT2D eigenvalue weighted by Gasteiger charge is -2.11. The Kier molecular flexibility index (Phi) is 9.39. The van der Waals surface area contributed by atoms with Gasteiger partial charge in [-0.05, 0) is 42.3 Å². The van der Waals surface area contributed by atoms with Gasteiger partial charge in [0.2, 0.25) is 0 Å². The molecule has 0 aliphatic carbocycles. The number of aromatic nitrogens is 1. The standard InChI is InChI=1S/C16H19N2.C7H8O3S.H2O/c1-17(2)16-8-6-14(7-9-16)4-5-15-10-12-18(3)13-11-15;1-6-2-4-7(5-3-6)11(8,9)10;/h4-13H,1-3H3;2-5H,1H3,(H,8,9,10);1H2/q+1;;/p-1. The third-order valence-corrected chi connectivity index (χ3v) is 5.04. The first-order chi connectivity index (χ1) is 13.6. The molecule has 0 radical (unpaired) electrons. The smallest absolute Gasteiger partial charge is 0.169 e. The number of hydrogen-bond donors (Lipinski definition) is 0. The molecule has 30 heavy (non-hydrogen) atoms. The van der Waals surface area contributed by atoms with Crippen LogP contribution in [0, 0.1) is 6.92 Å². The van der Waals surface area contributed by atoms with Gasteiger partial charge < -0.3 is 14.9 Å². The van der Waals surface area contributed by atoms with Gasteiger partial charge in [-0.25, -0.2) is 13.0 Å². The van der Waals surface area contributed by atoms with Crippen LogP contribution in [0.3, 0.4) is 0 Å².